The van der Waals surface area contributed by atoms with Crippen LogP contribution in [-0.2, 0) is 0 Å². The molecule has 1 aromatic heterocycles. The molecule has 0 aliphatic rings. The lowest BCUT2D eigenvalue weighted by atomic mass is 10.1. The van der Waals surface area contributed by atoms with Crippen molar-refractivity contribution in [3.63, 3.8) is 0 Å². The van der Waals surface area contributed by atoms with Gasteiger partial charge in [-0.2, -0.15) is 0 Å². The van der Waals surface area contributed by atoms with Crippen molar-refractivity contribution in [3.05, 3.63) is 22.8 Å². The SMILES string of the molecule is CCC(CC)N(CCO)c1ncc(C(=O)O)cc1Cl. The predicted molar refractivity (Wildman–Crippen MR) is 75.0 cm³/mol. The Bertz CT molecular complexity index is 436. The van der Waals surface area contributed by atoms with Gasteiger partial charge in [-0.3, -0.25) is 0 Å². The third kappa shape index (κ3) is 3.81. The van der Waals surface area contributed by atoms with Gasteiger partial charge >= 0.3 is 5.97 Å². The van der Waals surface area contributed by atoms with E-state index in [2.05, 4.69) is 18.8 Å². The highest BCUT2D eigenvalue weighted by Gasteiger charge is 2.20. The van der Waals surface area contributed by atoms with Gasteiger partial charge in [0.15, 0.2) is 0 Å². The highest BCUT2D eigenvalue weighted by atomic mass is 35.5. The lowest BCUT2D eigenvalue weighted by Gasteiger charge is -2.31. The number of carboxylic acids is 1. The van der Waals surface area contributed by atoms with E-state index >= 15 is 0 Å². The number of carbonyl (C=O) groups is 1. The number of carboxylic acid groups (broad SMARTS) is 1. The van der Waals surface area contributed by atoms with Gasteiger partial charge in [-0.05, 0) is 18.9 Å². The largest absolute Gasteiger partial charge is 0.478 e. The van der Waals surface area contributed by atoms with Crippen LogP contribution >= 0.6 is 11.6 Å². The lowest BCUT2D eigenvalue weighted by Crippen LogP contribution is -2.37. The Morgan fingerprint density at radius 1 is 1.47 bits per heavy atom. The summed E-state index contributed by atoms with van der Waals surface area (Å²) >= 11 is 6.11. The van der Waals surface area contributed by atoms with E-state index in [0.29, 0.717) is 17.4 Å². The first-order valence-electron chi connectivity index (χ1n) is 6.31. The van der Waals surface area contributed by atoms with Crippen LogP contribution in [0.25, 0.3) is 0 Å². The van der Waals surface area contributed by atoms with Crippen LogP contribution in [-0.4, -0.2) is 40.4 Å². The van der Waals surface area contributed by atoms with Gasteiger partial charge in [0.25, 0.3) is 0 Å². The number of pyridine rings is 1. The minimum absolute atomic E-state index is 0.00477. The van der Waals surface area contributed by atoms with Gasteiger partial charge in [0.2, 0.25) is 0 Å². The summed E-state index contributed by atoms with van der Waals surface area (Å²) < 4.78 is 0. The van der Waals surface area contributed by atoms with E-state index < -0.39 is 5.97 Å². The zero-order chi connectivity index (χ0) is 14.4. The Hall–Kier alpha value is -1.33. The molecule has 1 rings (SSSR count). The van der Waals surface area contributed by atoms with Gasteiger partial charge in [-0.15, -0.1) is 0 Å². The van der Waals surface area contributed by atoms with Gasteiger partial charge in [0, 0.05) is 18.8 Å². The molecule has 19 heavy (non-hydrogen) atoms. The van der Waals surface area contributed by atoms with Crippen molar-refractivity contribution in [1.29, 1.82) is 0 Å². The van der Waals surface area contributed by atoms with Gasteiger partial charge < -0.3 is 15.1 Å². The second kappa shape index (κ2) is 7.31. The van der Waals surface area contributed by atoms with Crippen LogP contribution < -0.4 is 4.90 Å². The summed E-state index contributed by atoms with van der Waals surface area (Å²) in [6, 6.07) is 1.60. The van der Waals surface area contributed by atoms with Crippen molar-refractivity contribution in [3.8, 4) is 0 Å². The van der Waals surface area contributed by atoms with E-state index in [1.165, 1.54) is 12.3 Å². The van der Waals surface area contributed by atoms with Crippen LogP contribution in [0.3, 0.4) is 0 Å². The average molecular weight is 287 g/mol. The molecular formula is C13H19ClN2O3. The molecule has 0 fully saturated rings. The normalized spacial score (nSPS) is 10.8. The maximum Gasteiger partial charge on any atom is 0.337 e. The van der Waals surface area contributed by atoms with Crippen molar-refractivity contribution >= 4 is 23.4 Å². The molecule has 0 amide bonds. The highest BCUT2D eigenvalue weighted by molar-refractivity contribution is 6.33. The van der Waals surface area contributed by atoms with Crippen LogP contribution in [0.1, 0.15) is 37.0 Å². The first-order chi connectivity index (χ1) is 9.04. The predicted octanol–water partition coefficient (Wildman–Crippen LogP) is 2.42. The Kier molecular flexibility index (Phi) is 6.05. The molecule has 0 aliphatic heterocycles. The number of halogens is 1. The zero-order valence-electron chi connectivity index (χ0n) is 11.1. The topological polar surface area (TPSA) is 73.7 Å². The minimum Gasteiger partial charge on any atom is -0.478 e. The third-order valence-electron chi connectivity index (χ3n) is 3.06. The summed E-state index contributed by atoms with van der Waals surface area (Å²) in [6.07, 6.45) is 3.08. The number of nitrogens with zero attached hydrogens (tertiary/aromatic N) is 2. The zero-order valence-corrected chi connectivity index (χ0v) is 11.9. The fraction of sp³-hybridized carbons (Fsp3) is 0.538. The number of hydrogen-bond donors (Lipinski definition) is 2. The average Bonchev–Trinajstić information content (AvgIpc) is 2.39. The molecule has 0 aliphatic carbocycles. The quantitative estimate of drug-likeness (QED) is 0.805. The van der Waals surface area contributed by atoms with E-state index in [9.17, 15) is 4.79 Å². The molecule has 1 aromatic rings. The minimum atomic E-state index is -1.06. The molecule has 5 nitrogen and oxygen atoms in total. The highest BCUT2D eigenvalue weighted by Crippen LogP contribution is 2.27. The van der Waals surface area contributed by atoms with Crippen molar-refractivity contribution in [1.82, 2.24) is 4.98 Å². The Balaban J connectivity index is 3.12. The molecule has 1 heterocycles. The maximum absolute atomic E-state index is 10.9. The van der Waals surface area contributed by atoms with Gasteiger partial charge in [0.1, 0.15) is 5.82 Å². The second-order valence-electron chi connectivity index (χ2n) is 4.22. The fourth-order valence-electron chi connectivity index (χ4n) is 2.06. The van der Waals surface area contributed by atoms with Crippen molar-refractivity contribution < 1.29 is 15.0 Å². The summed E-state index contributed by atoms with van der Waals surface area (Å²) in [4.78, 5) is 16.9. The Morgan fingerprint density at radius 3 is 2.53 bits per heavy atom. The van der Waals surface area contributed by atoms with Gasteiger partial charge in [0.05, 0.1) is 17.2 Å². The van der Waals surface area contributed by atoms with Crippen molar-refractivity contribution in [2.75, 3.05) is 18.1 Å². The monoisotopic (exact) mass is 286 g/mol. The molecular weight excluding hydrogens is 268 g/mol. The van der Waals surface area contributed by atoms with Gasteiger partial charge in [-0.1, -0.05) is 25.4 Å². The molecule has 0 bridgehead atoms. The van der Waals surface area contributed by atoms with Crippen LogP contribution in [0.5, 0.6) is 0 Å². The van der Waals surface area contributed by atoms with Crippen LogP contribution in [0.4, 0.5) is 5.82 Å². The van der Waals surface area contributed by atoms with Crippen LogP contribution in [0.2, 0.25) is 5.02 Å². The summed E-state index contributed by atoms with van der Waals surface area (Å²) in [5.41, 5.74) is 0.0576. The molecule has 0 atom stereocenters. The number of rotatable bonds is 7. The van der Waals surface area contributed by atoms with Crippen LogP contribution in [0.15, 0.2) is 12.3 Å². The van der Waals surface area contributed by atoms with E-state index in [1.54, 1.807) is 0 Å². The number of aromatic carboxylic acids is 1. The molecule has 0 aromatic carbocycles. The number of aliphatic hydroxyl groups excluding tert-OH is 1. The molecule has 0 saturated heterocycles. The molecule has 2 N–H and O–H groups in total. The lowest BCUT2D eigenvalue weighted by molar-refractivity contribution is 0.0696. The standard InChI is InChI=1S/C13H19ClN2O3/c1-3-10(4-2)16(5-6-17)12-11(14)7-9(8-15-12)13(18)19/h7-8,10,17H,3-6H2,1-2H3,(H,18,19). The molecule has 0 saturated carbocycles. The first-order valence-corrected chi connectivity index (χ1v) is 6.69. The summed E-state index contributed by atoms with van der Waals surface area (Å²) in [5.74, 6) is -0.536. The van der Waals surface area contributed by atoms with Crippen molar-refractivity contribution in [2.45, 2.75) is 32.7 Å². The number of aromatic nitrogens is 1. The molecule has 0 unspecified atom stereocenters. The number of aliphatic hydroxyl groups is 1. The third-order valence-corrected chi connectivity index (χ3v) is 3.34. The summed E-state index contributed by atoms with van der Waals surface area (Å²) in [6.45, 7) is 4.52. The summed E-state index contributed by atoms with van der Waals surface area (Å²) in [5, 5.41) is 18.3. The fourth-order valence-corrected chi connectivity index (χ4v) is 2.33. The Morgan fingerprint density at radius 2 is 2.11 bits per heavy atom. The summed E-state index contributed by atoms with van der Waals surface area (Å²) in [7, 11) is 0. The molecule has 0 spiro atoms. The molecule has 6 heteroatoms. The molecule has 0 radical (unpaired) electrons. The van der Waals surface area contributed by atoms with Crippen LogP contribution in [0, 0.1) is 0 Å². The number of hydrogen-bond acceptors (Lipinski definition) is 4. The smallest absolute Gasteiger partial charge is 0.337 e. The second-order valence-corrected chi connectivity index (χ2v) is 4.63. The first kappa shape index (κ1) is 15.7. The van der Waals surface area contributed by atoms with E-state index in [0.717, 1.165) is 12.8 Å². The van der Waals surface area contributed by atoms with Gasteiger partial charge in [-0.25, -0.2) is 9.78 Å². The van der Waals surface area contributed by atoms with Crippen molar-refractivity contribution in [2.24, 2.45) is 0 Å². The van der Waals surface area contributed by atoms with E-state index in [1.807, 2.05) is 4.90 Å². The number of anilines is 1. The molecule has 106 valence electrons. The Labute approximate surface area is 117 Å². The van der Waals surface area contributed by atoms with E-state index in [4.69, 9.17) is 21.8 Å². The van der Waals surface area contributed by atoms with E-state index in [-0.39, 0.29) is 18.2 Å². The maximum atomic E-state index is 10.9.